The summed E-state index contributed by atoms with van der Waals surface area (Å²) in [5, 5.41) is 6.58. The monoisotopic (exact) mass is 322 g/mol. The fourth-order valence-corrected chi connectivity index (χ4v) is 2.17. The fraction of sp³-hybridized carbons (Fsp3) is 0.647. The lowest BCUT2D eigenvalue weighted by atomic mass is 9.89. The van der Waals surface area contributed by atoms with Crippen LogP contribution in [0.1, 0.15) is 33.3 Å². The van der Waals surface area contributed by atoms with Gasteiger partial charge in [0, 0.05) is 32.0 Å². The number of nitrogens with one attached hydrogen (secondary N) is 2. The Hall–Kier alpha value is -1.82. The Morgan fingerprint density at radius 3 is 2.61 bits per heavy atom. The molecule has 0 radical (unpaired) electrons. The average molecular weight is 322 g/mol. The van der Waals surface area contributed by atoms with Crippen LogP contribution in [0.3, 0.4) is 0 Å². The summed E-state index contributed by atoms with van der Waals surface area (Å²) in [6, 6.07) is 3.85. The van der Waals surface area contributed by atoms with Gasteiger partial charge < -0.3 is 20.1 Å². The number of nitrogens with zero attached hydrogens (tertiary/aromatic N) is 2. The summed E-state index contributed by atoms with van der Waals surface area (Å²) in [4.78, 5) is 8.79. The van der Waals surface area contributed by atoms with Crippen molar-refractivity contribution in [2.45, 2.75) is 40.3 Å². The molecule has 0 aromatic carbocycles. The Morgan fingerprint density at radius 1 is 1.30 bits per heavy atom. The van der Waals surface area contributed by atoms with Crippen molar-refractivity contribution in [3.05, 3.63) is 23.9 Å². The molecular weight excluding hydrogens is 292 g/mol. The minimum Gasteiger partial charge on any atom is -0.481 e. The largest absolute Gasteiger partial charge is 0.481 e. The van der Waals surface area contributed by atoms with Gasteiger partial charge in [0.05, 0.1) is 19.8 Å². The average Bonchev–Trinajstić information content (AvgIpc) is 2.52. The maximum atomic E-state index is 5.57. The second-order valence-electron chi connectivity index (χ2n) is 6.34. The van der Waals surface area contributed by atoms with Crippen LogP contribution < -0.4 is 15.4 Å². The highest BCUT2D eigenvalue weighted by atomic mass is 16.5. The highest BCUT2D eigenvalue weighted by molar-refractivity contribution is 5.79. The van der Waals surface area contributed by atoms with Gasteiger partial charge in [0.15, 0.2) is 5.96 Å². The van der Waals surface area contributed by atoms with Crippen LogP contribution in [0.15, 0.2) is 23.3 Å². The van der Waals surface area contributed by atoms with Gasteiger partial charge in [-0.2, -0.15) is 0 Å². The minimum absolute atomic E-state index is 0.0612. The van der Waals surface area contributed by atoms with Gasteiger partial charge in [0.25, 0.3) is 0 Å². The Balaban J connectivity index is 2.73. The van der Waals surface area contributed by atoms with E-state index in [0.29, 0.717) is 19.0 Å². The number of pyridine rings is 1. The quantitative estimate of drug-likeness (QED) is 0.595. The molecule has 1 atom stereocenters. The number of guanidine groups is 1. The van der Waals surface area contributed by atoms with Gasteiger partial charge in [-0.25, -0.2) is 9.98 Å². The van der Waals surface area contributed by atoms with Gasteiger partial charge in [-0.05, 0) is 18.4 Å². The van der Waals surface area contributed by atoms with E-state index in [1.165, 1.54) is 0 Å². The van der Waals surface area contributed by atoms with Crippen LogP contribution in [0.5, 0.6) is 5.88 Å². The van der Waals surface area contributed by atoms with E-state index in [1.807, 2.05) is 19.1 Å². The predicted molar refractivity (Wildman–Crippen MR) is 93.9 cm³/mol. The molecule has 0 amide bonds. The Bertz CT molecular complexity index is 498. The van der Waals surface area contributed by atoms with Crippen molar-refractivity contribution < 1.29 is 9.47 Å². The number of rotatable bonds is 7. The van der Waals surface area contributed by atoms with Crippen molar-refractivity contribution in [2.24, 2.45) is 10.4 Å². The summed E-state index contributed by atoms with van der Waals surface area (Å²) in [7, 11) is 3.35. The van der Waals surface area contributed by atoms with Gasteiger partial charge in [-0.15, -0.1) is 0 Å². The van der Waals surface area contributed by atoms with Crippen molar-refractivity contribution >= 4 is 5.96 Å². The number of ether oxygens (including phenoxy) is 2. The van der Waals surface area contributed by atoms with Crippen LogP contribution in [0, 0.1) is 5.41 Å². The molecule has 0 bridgehead atoms. The van der Waals surface area contributed by atoms with Crippen molar-refractivity contribution in [1.29, 1.82) is 0 Å². The maximum absolute atomic E-state index is 5.57. The van der Waals surface area contributed by atoms with Gasteiger partial charge in [-0.3, -0.25) is 0 Å². The van der Waals surface area contributed by atoms with E-state index in [4.69, 9.17) is 9.47 Å². The van der Waals surface area contributed by atoms with Crippen molar-refractivity contribution in [2.75, 3.05) is 27.3 Å². The van der Waals surface area contributed by atoms with Crippen LogP contribution in [0.2, 0.25) is 0 Å². The number of hydrogen-bond acceptors (Lipinski definition) is 4. The zero-order chi connectivity index (χ0) is 17.3. The Labute approximate surface area is 139 Å². The lowest BCUT2D eigenvalue weighted by Crippen LogP contribution is -2.45. The van der Waals surface area contributed by atoms with E-state index in [0.717, 1.165) is 18.1 Å². The molecule has 0 aliphatic rings. The van der Waals surface area contributed by atoms with E-state index >= 15 is 0 Å². The second-order valence-corrected chi connectivity index (χ2v) is 6.34. The zero-order valence-electron chi connectivity index (χ0n) is 15.1. The number of aliphatic imine (C=N–C) groups is 1. The standard InChI is InChI=1S/C17H30N4O2/c1-7-18-16(21-12-14(22-5)17(2,3)4)20-11-13-9-8-10-19-15(13)23-6/h8-10,14H,7,11-12H2,1-6H3,(H2,18,20,21). The van der Waals surface area contributed by atoms with Gasteiger partial charge >= 0.3 is 0 Å². The molecule has 0 saturated heterocycles. The summed E-state index contributed by atoms with van der Waals surface area (Å²) in [6.07, 6.45) is 1.81. The molecule has 0 aliphatic heterocycles. The summed E-state index contributed by atoms with van der Waals surface area (Å²) in [6.45, 7) is 10.5. The van der Waals surface area contributed by atoms with Crippen LogP contribution >= 0.6 is 0 Å². The first kappa shape index (κ1) is 19.2. The van der Waals surface area contributed by atoms with Crippen molar-refractivity contribution in [3.8, 4) is 5.88 Å². The van der Waals surface area contributed by atoms with E-state index < -0.39 is 0 Å². The molecule has 0 aliphatic carbocycles. The molecule has 0 fully saturated rings. The van der Waals surface area contributed by atoms with Crippen molar-refractivity contribution in [3.63, 3.8) is 0 Å². The molecule has 1 heterocycles. The first-order valence-electron chi connectivity index (χ1n) is 7.95. The maximum Gasteiger partial charge on any atom is 0.218 e. The van der Waals surface area contributed by atoms with Crippen molar-refractivity contribution in [1.82, 2.24) is 15.6 Å². The molecule has 2 N–H and O–H groups in total. The number of methoxy groups -OCH3 is 2. The lowest BCUT2D eigenvalue weighted by molar-refractivity contribution is 0.0205. The van der Waals surface area contributed by atoms with Crippen LogP contribution in [0.4, 0.5) is 0 Å². The molecule has 23 heavy (non-hydrogen) atoms. The molecule has 6 heteroatoms. The summed E-state index contributed by atoms with van der Waals surface area (Å²) in [5.74, 6) is 1.36. The van der Waals surface area contributed by atoms with Crippen LogP contribution in [-0.4, -0.2) is 44.4 Å². The molecule has 1 aromatic heterocycles. The summed E-state index contributed by atoms with van der Waals surface area (Å²) < 4.78 is 10.8. The molecule has 1 aromatic rings. The molecule has 6 nitrogen and oxygen atoms in total. The van der Waals surface area contributed by atoms with E-state index in [2.05, 4.69) is 41.4 Å². The predicted octanol–water partition coefficient (Wildman–Crippen LogP) is 2.21. The molecule has 1 unspecified atom stereocenters. The van der Waals surface area contributed by atoms with Gasteiger partial charge in [0.2, 0.25) is 5.88 Å². The van der Waals surface area contributed by atoms with E-state index in [-0.39, 0.29) is 11.5 Å². The first-order valence-corrected chi connectivity index (χ1v) is 7.95. The van der Waals surface area contributed by atoms with Crippen LogP contribution in [0.25, 0.3) is 0 Å². The molecule has 0 saturated carbocycles. The Morgan fingerprint density at radius 2 is 2.04 bits per heavy atom. The SMILES string of the molecule is CCNC(=NCc1cccnc1OC)NCC(OC)C(C)(C)C. The summed E-state index contributed by atoms with van der Waals surface area (Å²) in [5.41, 5.74) is 1.01. The van der Waals surface area contributed by atoms with E-state index in [1.54, 1.807) is 20.4 Å². The molecule has 130 valence electrons. The minimum atomic E-state index is 0.0612. The number of hydrogen-bond donors (Lipinski definition) is 2. The van der Waals surface area contributed by atoms with Crippen LogP contribution in [-0.2, 0) is 11.3 Å². The highest BCUT2D eigenvalue weighted by Gasteiger charge is 2.24. The van der Waals surface area contributed by atoms with Gasteiger partial charge in [0.1, 0.15) is 0 Å². The normalized spacial score (nSPS) is 13.6. The Kier molecular flexibility index (Phi) is 7.81. The third kappa shape index (κ3) is 6.44. The molecule has 0 spiro atoms. The summed E-state index contributed by atoms with van der Waals surface area (Å²) >= 11 is 0. The lowest BCUT2D eigenvalue weighted by Gasteiger charge is -2.30. The third-order valence-corrected chi connectivity index (χ3v) is 3.50. The van der Waals surface area contributed by atoms with Gasteiger partial charge in [-0.1, -0.05) is 26.8 Å². The van der Waals surface area contributed by atoms with E-state index in [9.17, 15) is 0 Å². The fourth-order valence-electron chi connectivity index (χ4n) is 2.17. The highest BCUT2D eigenvalue weighted by Crippen LogP contribution is 2.21. The zero-order valence-corrected chi connectivity index (χ0v) is 15.1. The smallest absolute Gasteiger partial charge is 0.218 e. The number of aromatic nitrogens is 1. The second kappa shape index (κ2) is 9.35. The molecule has 1 rings (SSSR count). The molecular formula is C17H30N4O2. The topological polar surface area (TPSA) is 67.8 Å². The first-order chi connectivity index (χ1) is 10.9. The third-order valence-electron chi connectivity index (χ3n) is 3.50.